The zero-order chi connectivity index (χ0) is 9.84. The molecular weight excluding hydrogens is 178 g/mol. The maximum atomic E-state index is 4.14. The number of aryl methyl sites for hydroxylation is 2. The minimum Gasteiger partial charge on any atom is -0.263 e. The third-order valence-corrected chi connectivity index (χ3v) is 2.89. The average Bonchev–Trinajstić information content (AvgIpc) is 2.53. The average molecular weight is 193 g/mol. The van der Waals surface area contributed by atoms with Gasteiger partial charge >= 0.3 is 0 Å². The van der Waals surface area contributed by atoms with Crippen LogP contribution in [-0.4, -0.2) is 4.98 Å². The molecule has 0 aliphatic heterocycles. The maximum Gasteiger partial charge on any atom is 0.0531 e. The molecule has 0 spiro atoms. The Hall–Kier alpha value is -0.890. The van der Waals surface area contributed by atoms with Crippen LogP contribution in [0.2, 0.25) is 0 Å². The van der Waals surface area contributed by atoms with E-state index in [0.717, 1.165) is 0 Å². The van der Waals surface area contributed by atoms with Gasteiger partial charge in [-0.05, 0) is 30.4 Å². The predicted molar refractivity (Wildman–Crippen MR) is 60.4 cm³/mol. The van der Waals surface area contributed by atoms with Crippen molar-refractivity contribution >= 4 is 21.4 Å². The van der Waals surface area contributed by atoms with Crippen LogP contribution in [0.4, 0.5) is 0 Å². The number of fused-ring (bicyclic) bond motifs is 1. The van der Waals surface area contributed by atoms with E-state index in [1.165, 1.54) is 21.2 Å². The van der Waals surface area contributed by atoms with Gasteiger partial charge in [-0.2, -0.15) is 0 Å². The van der Waals surface area contributed by atoms with Crippen molar-refractivity contribution in [2.24, 2.45) is 0 Å². The normalized spacial score (nSPS) is 9.54. The lowest BCUT2D eigenvalue weighted by Gasteiger charge is -1.94. The van der Waals surface area contributed by atoms with Crippen LogP contribution >= 0.6 is 11.3 Å². The zero-order valence-electron chi connectivity index (χ0n) is 8.59. The summed E-state index contributed by atoms with van der Waals surface area (Å²) in [5.74, 6) is 0. The van der Waals surface area contributed by atoms with Gasteiger partial charge in [0.2, 0.25) is 0 Å². The summed E-state index contributed by atoms with van der Waals surface area (Å²) in [5.41, 5.74) is 2.64. The molecule has 13 heavy (non-hydrogen) atoms. The van der Waals surface area contributed by atoms with Crippen molar-refractivity contribution in [3.63, 3.8) is 0 Å². The summed E-state index contributed by atoms with van der Waals surface area (Å²) in [6, 6.07) is 0. The van der Waals surface area contributed by atoms with Crippen molar-refractivity contribution in [2.75, 3.05) is 0 Å². The van der Waals surface area contributed by atoms with E-state index in [2.05, 4.69) is 24.2 Å². The van der Waals surface area contributed by atoms with Crippen LogP contribution < -0.4 is 0 Å². The minimum atomic E-state index is 1.28. The number of hydrogen-bond donors (Lipinski definition) is 0. The second-order valence-corrected chi connectivity index (χ2v) is 3.66. The molecule has 2 aromatic heterocycles. The zero-order valence-corrected chi connectivity index (χ0v) is 9.40. The van der Waals surface area contributed by atoms with Crippen LogP contribution in [0.1, 0.15) is 25.0 Å². The molecule has 0 unspecified atom stereocenters. The van der Waals surface area contributed by atoms with Gasteiger partial charge in [-0.25, -0.2) is 0 Å². The lowest BCUT2D eigenvalue weighted by molar-refractivity contribution is 1.31. The number of pyridine rings is 1. The fourth-order valence-corrected chi connectivity index (χ4v) is 2.33. The summed E-state index contributed by atoms with van der Waals surface area (Å²) < 4.78 is 1.29. The van der Waals surface area contributed by atoms with Crippen molar-refractivity contribution in [1.29, 1.82) is 0 Å². The second-order valence-electron chi connectivity index (χ2n) is 2.75. The molecule has 70 valence electrons. The van der Waals surface area contributed by atoms with Gasteiger partial charge in [-0.1, -0.05) is 13.8 Å². The van der Waals surface area contributed by atoms with E-state index in [-0.39, 0.29) is 0 Å². The molecule has 1 nitrogen and oxygen atoms in total. The third kappa shape index (κ3) is 1.89. The van der Waals surface area contributed by atoms with E-state index in [4.69, 9.17) is 0 Å². The lowest BCUT2D eigenvalue weighted by atomic mass is 10.1. The fourth-order valence-electron chi connectivity index (χ4n) is 1.35. The third-order valence-electron chi connectivity index (χ3n) is 1.86. The highest BCUT2D eigenvalue weighted by Gasteiger charge is 2.01. The minimum absolute atomic E-state index is 1.28. The van der Waals surface area contributed by atoms with Crippen LogP contribution in [-0.2, 0) is 0 Å². The molecule has 2 heteroatoms. The molecular formula is C11H15NS. The number of aromatic nitrogens is 1. The van der Waals surface area contributed by atoms with E-state index in [9.17, 15) is 0 Å². The quantitative estimate of drug-likeness (QED) is 0.617. The Balaban J connectivity index is 0.000000396. The van der Waals surface area contributed by atoms with Gasteiger partial charge in [0.15, 0.2) is 0 Å². The molecule has 0 aliphatic carbocycles. The molecule has 0 fully saturated rings. The highest BCUT2D eigenvalue weighted by Crippen LogP contribution is 2.26. The number of nitrogens with zero attached hydrogens (tertiary/aromatic N) is 1. The summed E-state index contributed by atoms with van der Waals surface area (Å²) in [5, 5.41) is 3.56. The SMILES string of the molecule is CC.Cc1cncc2scc(C)c12. The van der Waals surface area contributed by atoms with Crippen molar-refractivity contribution in [1.82, 2.24) is 4.98 Å². The molecule has 0 radical (unpaired) electrons. The first-order valence-corrected chi connectivity index (χ1v) is 5.45. The van der Waals surface area contributed by atoms with Crippen LogP contribution in [0.25, 0.3) is 10.1 Å². The first kappa shape index (κ1) is 10.2. The molecule has 2 aromatic rings. The number of hydrogen-bond acceptors (Lipinski definition) is 2. The Morgan fingerprint density at radius 3 is 2.38 bits per heavy atom. The summed E-state index contributed by atoms with van der Waals surface area (Å²) in [4.78, 5) is 4.14. The van der Waals surface area contributed by atoms with Crippen LogP contribution in [0.3, 0.4) is 0 Å². The molecule has 0 saturated carbocycles. The van der Waals surface area contributed by atoms with E-state index in [1.54, 1.807) is 11.3 Å². The van der Waals surface area contributed by atoms with Crippen LogP contribution in [0.5, 0.6) is 0 Å². The van der Waals surface area contributed by atoms with Gasteiger partial charge in [-0.3, -0.25) is 4.98 Å². The van der Waals surface area contributed by atoms with Gasteiger partial charge in [-0.15, -0.1) is 11.3 Å². The maximum absolute atomic E-state index is 4.14. The van der Waals surface area contributed by atoms with Gasteiger partial charge in [0.05, 0.1) is 4.70 Å². The molecule has 0 amide bonds. The van der Waals surface area contributed by atoms with Crippen molar-refractivity contribution in [2.45, 2.75) is 27.7 Å². The Bertz CT molecular complexity index is 390. The van der Waals surface area contributed by atoms with Crippen LogP contribution in [0, 0.1) is 13.8 Å². The summed E-state index contributed by atoms with van der Waals surface area (Å²) in [6.45, 7) is 8.25. The van der Waals surface area contributed by atoms with Gasteiger partial charge in [0.1, 0.15) is 0 Å². The van der Waals surface area contributed by atoms with Crippen molar-refractivity contribution < 1.29 is 0 Å². The monoisotopic (exact) mass is 193 g/mol. The molecule has 2 heterocycles. The summed E-state index contributed by atoms with van der Waals surface area (Å²) >= 11 is 1.77. The Morgan fingerprint density at radius 1 is 1.08 bits per heavy atom. The molecule has 0 N–H and O–H groups in total. The van der Waals surface area contributed by atoms with E-state index in [1.807, 2.05) is 26.2 Å². The number of rotatable bonds is 0. The molecule has 0 aromatic carbocycles. The predicted octanol–water partition coefficient (Wildman–Crippen LogP) is 3.94. The topological polar surface area (TPSA) is 12.9 Å². The molecule has 0 atom stereocenters. The molecule has 0 bridgehead atoms. The summed E-state index contributed by atoms with van der Waals surface area (Å²) in [7, 11) is 0. The fraction of sp³-hybridized carbons (Fsp3) is 0.364. The van der Waals surface area contributed by atoms with E-state index >= 15 is 0 Å². The largest absolute Gasteiger partial charge is 0.263 e. The Morgan fingerprint density at radius 2 is 1.77 bits per heavy atom. The molecule has 0 saturated heterocycles. The number of thiophene rings is 1. The highest BCUT2D eigenvalue weighted by molar-refractivity contribution is 7.17. The highest BCUT2D eigenvalue weighted by atomic mass is 32.1. The van der Waals surface area contributed by atoms with E-state index in [0.29, 0.717) is 0 Å². The van der Waals surface area contributed by atoms with Gasteiger partial charge in [0, 0.05) is 17.8 Å². The van der Waals surface area contributed by atoms with Gasteiger partial charge < -0.3 is 0 Å². The second kappa shape index (κ2) is 4.38. The Labute approximate surface area is 83.4 Å². The summed E-state index contributed by atoms with van der Waals surface area (Å²) in [6.07, 6.45) is 3.85. The Kier molecular flexibility index (Phi) is 3.43. The van der Waals surface area contributed by atoms with E-state index < -0.39 is 0 Å². The van der Waals surface area contributed by atoms with Gasteiger partial charge in [0.25, 0.3) is 0 Å². The lowest BCUT2D eigenvalue weighted by Crippen LogP contribution is -1.77. The first-order chi connectivity index (χ1) is 6.29. The first-order valence-electron chi connectivity index (χ1n) is 4.57. The van der Waals surface area contributed by atoms with Crippen LogP contribution in [0.15, 0.2) is 17.8 Å². The standard InChI is InChI=1S/C9H9NS.C2H6/c1-6-3-10-4-8-9(6)7(2)5-11-8;1-2/h3-5H,1-2H3;1-2H3. The van der Waals surface area contributed by atoms with Crippen molar-refractivity contribution in [3.8, 4) is 0 Å². The smallest absolute Gasteiger partial charge is 0.0531 e. The molecule has 0 aliphatic rings. The van der Waals surface area contributed by atoms with Crippen molar-refractivity contribution in [3.05, 3.63) is 28.9 Å². The molecule has 2 rings (SSSR count).